The van der Waals surface area contributed by atoms with Gasteiger partial charge in [0.15, 0.2) is 0 Å². The molecule has 22 heavy (non-hydrogen) atoms. The maximum absolute atomic E-state index is 12.0. The molecule has 1 heterocycles. The second-order valence-corrected chi connectivity index (χ2v) is 8.61. The largest absolute Gasteiger partial charge is 0.396 e. The topological polar surface area (TPSA) is 69.6 Å². The van der Waals surface area contributed by atoms with E-state index in [1.807, 2.05) is 24.3 Å². The third kappa shape index (κ3) is 3.14. The lowest BCUT2D eigenvalue weighted by molar-refractivity contribution is 0.204. The van der Waals surface area contributed by atoms with E-state index in [4.69, 9.17) is 0 Å². The summed E-state index contributed by atoms with van der Waals surface area (Å²) in [6.45, 7) is 3.68. The Balaban J connectivity index is 1.71. The molecule has 1 aliphatic heterocycles. The first-order chi connectivity index (χ1) is 10.5. The van der Waals surface area contributed by atoms with Crippen LogP contribution in [0.1, 0.15) is 37.8 Å². The van der Waals surface area contributed by atoms with E-state index in [0.29, 0.717) is 13.0 Å². The van der Waals surface area contributed by atoms with Gasteiger partial charge in [-0.1, -0.05) is 12.1 Å². The molecule has 2 fully saturated rings. The van der Waals surface area contributed by atoms with Crippen molar-refractivity contribution in [1.29, 1.82) is 0 Å². The average molecular weight is 324 g/mol. The number of sulfonamides is 1. The first-order valence-corrected chi connectivity index (χ1v) is 9.51. The molecule has 1 unspecified atom stereocenters. The van der Waals surface area contributed by atoms with Crippen molar-refractivity contribution in [3.63, 3.8) is 0 Å². The fraction of sp³-hybridized carbons (Fsp3) is 0.625. The van der Waals surface area contributed by atoms with Crippen LogP contribution in [0.4, 0.5) is 5.69 Å². The quantitative estimate of drug-likeness (QED) is 0.835. The number of hydrogen-bond acceptors (Lipinski definition) is 4. The average Bonchev–Trinajstić information content (AvgIpc) is 3.21. The highest BCUT2D eigenvalue weighted by Crippen LogP contribution is 2.44. The van der Waals surface area contributed by atoms with Gasteiger partial charge in [0.05, 0.1) is 11.4 Å². The van der Waals surface area contributed by atoms with Crippen LogP contribution in [0.5, 0.6) is 0 Å². The second kappa shape index (κ2) is 5.83. The minimum Gasteiger partial charge on any atom is -0.396 e. The summed E-state index contributed by atoms with van der Waals surface area (Å²) in [6, 6.07) is 7.88. The monoisotopic (exact) mass is 324 g/mol. The highest BCUT2D eigenvalue weighted by molar-refractivity contribution is 7.93. The Bertz CT molecular complexity index is 641. The van der Waals surface area contributed by atoms with Crippen LogP contribution in [0.15, 0.2) is 24.3 Å². The van der Waals surface area contributed by atoms with Crippen molar-refractivity contribution in [3.05, 3.63) is 29.8 Å². The second-order valence-electron chi connectivity index (χ2n) is 6.60. The SMILES string of the molecule is CC(NCC1(CO)CC1)c1cccc(N2CCCS2(=O)=O)c1. The van der Waals surface area contributed by atoms with Gasteiger partial charge in [0.25, 0.3) is 0 Å². The summed E-state index contributed by atoms with van der Waals surface area (Å²) >= 11 is 0. The van der Waals surface area contributed by atoms with Gasteiger partial charge in [0, 0.05) is 31.2 Å². The zero-order valence-corrected chi connectivity index (χ0v) is 13.8. The van der Waals surface area contributed by atoms with Crippen LogP contribution < -0.4 is 9.62 Å². The number of aliphatic hydroxyl groups excluding tert-OH is 1. The maximum atomic E-state index is 12.0. The van der Waals surface area contributed by atoms with Crippen molar-refractivity contribution in [1.82, 2.24) is 5.32 Å². The van der Waals surface area contributed by atoms with Crippen molar-refractivity contribution in [2.45, 2.75) is 32.2 Å². The van der Waals surface area contributed by atoms with Crippen LogP contribution in [0.25, 0.3) is 0 Å². The van der Waals surface area contributed by atoms with Crippen LogP contribution in [-0.2, 0) is 10.0 Å². The number of anilines is 1. The predicted octanol–water partition coefficient (Wildman–Crippen LogP) is 1.65. The molecular weight excluding hydrogens is 300 g/mol. The van der Waals surface area contributed by atoms with Gasteiger partial charge in [0.1, 0.15) is 0 Å². The molecule has 1 aliphatic carbocycles. The Kier molecular flexibility index (Phi) is 4.18. The molecule has 5 nitrogen and oxygen atoms in total. The van der Waals surface area contributed by atoms with Crippen molar-refractivity contribution in [3.8, 4) is 0 Å². The van der Waals surface area contributed by atoms with E-state index >= 15 is 0 Å². The van der Waals surface area contributed by atoms with Gasteiger partial charge in [-0.15, -0.1) is 0 Å². The van der Waals surface area contributed by atoms with Gasteiger partial charge < -0.3 is 10.4 Å². The van der Waals surface area contributed by atoms with E-state index in [-0.39, 0.29) is 23.8 Å². The molecule has 0 aromatic heterocycles. The minimum atomic E-state index is -3.13. The van der Waals surface area contributed by atoms with E-state index in [1.54, 1.807) is 0 Å². The first-order valence-electron chi connectivity index (χ1n) is 7.90. The summed E-state index contributed by atoms with van der Waals surface area (Å²) in [6.07, 6.45) is 2.85. The molecule has 1 aromatic rings. The maximum Gasteiger partial charge on any atom is 0.235 e. The predicted molar refractivity (Wildman–Crippen MR) is 87.4 cm³/mol. The summed E-state index contributed by atoms with van der Waals surface area (Å²) in [5.41, 5.74) is 1.91. The van der Waals surface area contributed by atoms with Crippen LogP contribution >= 0.6 is 0 Å². The zero-order chi connectivity index (χ0) is 15.8. The van der Waals surface area contributed by atoms with Crippen LogP contribution in [0.2, 0.25) is 0 Å². The molecule has 1 saturated heterocycles. The highest BCUT2D eigenvalue weighted by atomic mass is 32.2. The molecule has 1 saturated carbocycles. The fourth-order valence-electron chi connectivity index (χ4n) is 2.93. The Morgan fingerprint density at radius 1 is 1.41 bits per heavy atom. The van der Waals surface area contributed by atoms with E-state index in [0.717, 1.165) is 30.6 Å². The Hall–Kier alpha value is -1.11. The third-order valence-electron chi connectivity index (χ3n) is 4.83. The normalized spacial score (nSPS) is 23.5. The number of nitrogens with zero attached hydrogens (tertiary/aromatic N) is 1. The van der Waals surface area contributed by atoms with Crippen molar-refractivity contribution in [2.75, 3.05) is 29.8 Å². The summed E-state index contributed by atoms with van der Waals surface area (Å²) in [5.74, 6) is 0.240. The number of aliphatic hydroxyl groups is 1. The molecule has 0 amide bonds. The first kappa shape index (κ1) is 15.8. The molecule has 2 N–H and O–H groups in total. The summed E-state index contributed by atoms with van der Waals surface area (Å²) in [7, 11) is -3.13. The van der Waals surface area contributed by atoms with Crippen LogP contribution in [0.3, 0.4) is 0 Å². The van der Waals surface area contributed by atoms with Gasteiger partial charge in [-0.25, -0.2) is 8.42 Å². The standard InChI is InChI=1S/C16H24N2O3S/c1-13(17-11-16(12-19)6-7-16)14-4-2-5-15(10-14)18-8-3-9-22(18,20)21/h2,4-5,10,13,17,19H,3,6-9,11-12H2,1H3. The van der Waals surface area contributed by atoms with Gasteiger partial charge in [-0.2, -0.15) is 0 Å². The number of hydrogen-bond donors (Lipinski definition) is 2. The summed E-state index contributed by atoms with van der Waals surface area (Å²) < 4.78 is 25.6. The Labute approximate surface area is 132 Å². The van der Waals surface area contributed by atoms with Crippen molar-refractivity contribution >= 4 is 15.7 Å². The Morgan fingerprint density at radius 3 is 2.77 bits per heavy atom. The lowest BCUT2D eigenvalue weighted by Crippen LogP contribution is -2.29. The molecule has 1 aromatic carbocycles. The lowest BCUT2D eigenvalue weighted by atomic mass is 10.0. The zero-order valence-electron chi connectivity index (χ0n) is 13.0. The minimum absolute atomic E-state index is 0.0736. The molecule has 0 bridgehead atoms. The third-order valence-corrected chi connectivity index (χ3v) is 6.70. The smallest absolute Gasteiger partial charge is 0.235 e. The molecule has 6 heteroatoms. The van der Waals surface area contributed by atoms with Gasteiger partial charge in [-0.05, 0) is 43.9 Å². The van der Waals surface area contributed by atoms with Crippen molar-refractivity contribution in [2.24, 2.45) is 5.41 Å². The summed E-state index contributed by atoms with van der Waals surface area (Å²) in [5, 5.41) is 12.8. The molecule has 1 atom stereocenters. The molecular formula is C16H24N2O3S. The van der Waals surface area contributed by atoms with Crippen LogP contribution in [0, 0.1) is 5.41 Å². The van der Waals surface area contributed by atoms with Gasteiger partial charge >= 0.3 is 0 Å². The highest BCUT2D eigenvalue weighted by Gasteiger charge is 2.41. The lowest BCUT2D eigenvalue weighted by Gasteiger charge is -2.21. The summed E-state index contributed by atoms with van der Waals surface area (Å²) in [4.78, 5) is 0. The van der Waals surface area contributed by atoms with Crippen molar-refractivity contribution < 1.29 is 13.5 Å². The number of benzene rings is 1. The molecule has 0 radical (unpaired) electrons. The number of rotatable bonds is 6. The van der Waals surface area contributed by atoms with Crippen LogP contribution in [-0.4, -0.2) is 39.0 Å². The Morgan fingerprint density at radius 2 is 2.18 bits per heavy atom. The number of nitrogens with one attached hydrogen (secondary N) is 1. The van der Waals surface area contributed by atoms with E-state index in [9.17, 15) is 13.5 Å². The molecule has 3 rings (SSSR count). The molecule has 122 valence electrons. The van der Waals surface area contributed by atoms with Gasteiger partial charge in [0.2, 0.25) is 10.0 Å². The van der Waals surface area contributed by atoms with Gasteiger partial charge in [-0.3, -0.25) is 4.31 Å². The molecule has 0 spiro atoms. The molecule has 2 aliphatic rings. The van der Waals surface area contributed by atoms with E-state index < -0.39 is 10.0 Å². The fourth-order valence-corrected chi connectivity index (χ4v) is 4.49. The van der Waals surface area contributed by atoms with E-state index in [2.05, 4.69) is 12.2 Å². The van der Waals surface area contributed by atoms with E-state index in [1.165, 1.54) is 4.31 Å².